The molecular formula is C18H17N3O5S. The molecule has 27 heavy (non-hydrogen) atoms. The summed E-state index contributed by atoms with van der Waals surface area (Å²) < 4.78 is 0. The summed E-state index contributed by atoms with van der Waals surface area (Å²) in [5.74, 6) is -0.882. The molecule has 3 rings (SSSR count). The SMILES string of the molecule is Cc1cc(C(=O)CN2C(=O)N[C@](C)(c3ccc([N+](=O)[O-])cc3)C2=O)c(C)s1. The molecule has 0 bridgehead atoms. The second-order valence-corrected chi connectivity index (χ2v) is 7.96. The zero-order valence-corrected chi connectivity index (χ0v) is 15.8. The molecular weight excluding hydrogens is 370 g/mol. The number of benzene rings is 1. The third kappa shape index (κ3) is 3.21. The van der Waals surface area contributed by atoms with Crippen LogP contribution in [0, 0.1) is 24.0 Å². The average Bonchev–Trinajstić information content (AvgIpc) is 3.06. The standard InChI is InChI=1S/C18H17N3O5S/c1-10-8-14(11(2)27-10)15(22)9-20-16(23)18(3,19-17(20)24)12-4-6-13(7-5-12)21(25)26/h4-8H,9H2,1-3H3,(H,19,24)/t18-/m1/s1. The van der Waals surface area contributed by atoms with Crippen LogP contribution in [0.2, 0.25) is 0 Å². The van der Waals surface area contributed by atoms with Crippen LogP contribution in [0.3, 0.4) is 0 Å². The monoisotopic (exact) mass is 387 g/mol. The van der Waals surface area contributed by atoms with Crippen LogP contribution in [-0.4, -0.2) is 34.1 Å². The summed E-state index contributed by atoms with van der Waals surface area (Å²) in [6.07, 6.45) is 0. The van der Waals surface area contributed by atoms with Gasteiger partial charge in [0.2, 0.25) is 0 Å². The number of nitrogens with one attached hydrogen (secondary N) is 1. The summed E-state index contributed by atoms with van der Waals surface area (Å²) in [5, 5.41) is 13.4. The van der Waals surface area contributed by atoms with Crippen molar-refractivity contribution in [3.8, 4) is 0 Å². The quantitative estimate of drug-likeness (QED) is 0.367. The maximum absolute atomic E-state index is 12.9. The first-order valence-corrected chi connectivity index (χ1v) is 8.94. The first-order valence-electron chi connectivity index (χ1n) is 8.13. The molecule has 1 aliphatic rings. The fraction of sp³-hybridized carbons (Fsp3) is 0.278. The molecule has 3 amide bonds. The van der Waals surface area contributed by atoms with Gasteiger partial charge in [-0.05, 0) is 44.5 Å². The van der Waals surface area contributed by atoms with Crippen molar-refractivity contribution in [2.45, 2.75) is 26.3 Å². The highest BCUT2D eigenvalue weighted by molar-refractivity contribution is 7.12. The van der Waals surface area contributed by atoms with Crippen molar-refractivity contribution >= 4 is 34.7 Å². The summed E-state index contributed by atoms with van der Waals surface area (Å²) in [6.45, 7) is 4.86. The highest BCUT2D eigenvalue weighted by Crippen LogP contribution is 2.30. The lowest BCUT2D eigenvalue weighted by molar-refractivity contribution is -0.384. The topological polar surface area (TPSA) is 110 Å². The fourth-order valence-corrected chi connectivity index (χ4v) is 4.03. The van der Waals surface area contributed by atoms with E-state index in [0.29, 0.717) is 11.1 Å². The number of urea groups is 1. The molecule has 0 saturated carbocycles. The van der Waals surface area contributed by atoms with E-state index >= 15 is 0 Å². The Bertz CT molecular complexity index is 966. The molecule has 0 unspecified atom stereocenters. The van der Waals surface area contributed by atoms with Crippen LogP contribution in [0.4, 0.5) is 10.5 Å². The maximum atomic E-state index is 12.9. The Labute approximate surface area is 158 Å². The van der Waals surface area contributed by atoms with E-state index in [0.717, 1.165) is 14.7 Å². The minimum atomic E-state index is -1.38. The van der Waals surface area contributed by atoms with Gasteiger partial charge >= 0.3 is 6.03 Å². The van der Waals surface area contributed by atoms with Crippen LogP contribution < -0.4 is 5.32 Å². The summed E-state index contributed by atoms with van der Waals surface area (Å²) >= 11 is 1.48. The van der Waals surface area contributed by atoms with Crippen LogP contribution in [0.25, 0.3) is 0 Å². The minimum absolute atomic E-state index is 0.116. The average molecular weight is 387 g/mol. The Morgan fingerprint density at radius 3 is 2.41 bits per heavy atom. The van der Waals surface area contributed by atoms with Crippen molar-refractivity contribution in [2.75, 3.05) is 6.54 Å². The molecule has 1 fully saturated rings. The minimum Gasteiger partial charge on any atom is -0.319 e. The van der Waals surface area contributed by atoms with Crippen LogP contribution in [-0.2, 0) is 10.3 Å². The molecule has 0 spiro atoms. The molecule has 2 heterocycles. The van der Waals surface area contributed by atoms with E-state index < -0.39 is 22.4 Å². The third-order valence-corrected chi connectivity index (χ3v) is 5.54. The number of nitro benzene ring substituents is 1. The first kappa shape index (κ1) is 18.7. The molecule has 1 N–H and O–H groups in total. The number of nitrogens with zero attached hydrogens (tertiary/aromatic N) is 2. The molecule has 1 saturated heterocycles. The van der Waals surface area contributed by atoms with E-state index in [9.17, 15) is 24.5 Å². The van der Waals surface area contributed by atoms with E-state index in [1.54, 1.807) is 6.07 Å². The Hall–Kier alpha value is -3.07. The fourth-order valence-electron chi connectivity index (χ4n) is 3.09. The van der Waals surface area contributed by atoms with Gasteiger partial charge in [0.25, 0.3) is 11.6 Å². The number of thiophene rings is 1. The second kappa shape index (κ2) is 6.58. The predicted octanol–water partition coefficient (Wildman–Crippen LogP) is 2.92. The predicted molar refractivity (Wildman–Crippen MR) is 98.8 cm³/mol. The molecule has 0 radical (unpaired) electrons. The highest BCUT2D eigenvalue weighted by atomic mass is 32.1. The first-order chi connectivity index (χ1) is 12.6. The number of amides is 3. The molecule has 2 aromatic rings. The van der Waals surface area contributed by atoms with E-state index in [-0.39, 0.29) is 18.0 Å². The number of rotatable bonds is 5. The number of hydrogen-bond acceptors (Lipinski definition) is 6. The van der Waals surface area contributed by atoms with Gasteiger partial charge in [0.1, 0.15) is 5.54 Å². The van der Waals surface area contributed by atoms with Gasteiger partial charge in [-0.25, -0.2) is 4.79 Å². The number of hydrogen-bond donors (Lipinski definition) is 1. The lowest BCUT2D eigenvalue weighted by Crippen LogP contribution is -2.41. The van der Waals surface area contributed by atoms with Crippen molar-refractivity contribution < 1.29 is 19.3 Å². The third-order valence-electron chi connectivity index (χ3n) is 4.57. The second-order valence-electron chi connectivity index (χ2n) is 6.50. The molecule has 9 heteroatoms. The van der Waals surface area contributed by atoms with Crippen LogP contribution in [0.1, 0.15) is 32.6 Å². The summed E-state index contributed by atoms with van der Waals surface area (Å²) in [5.41, 5.74) is -0.591. The number of aryl methyl sites for hydroxylation is 2. The van der Waals surface area contributed by atoms with Gasteiger partial charge in [-0.3, -0.25) is 24.6 Å². The van der Waals surface area contributed by atoms with Crippen molar-refractivity contribution in [3.63, 3.8) is 0 Å². The number of non-ortho nitro benzene ring substituents is 1. The summed E-state index contributed by atoms with van der Waals surface area (Å²) in [7, 11) is 0. The number of nitro groups is 1. The lowest BCUT2D eigenvalue weighted by atomic mass is 9.92. The van der Waals surface area contributed by atoms with Gasteiger partial charge in [0, 0.05) is 27.5 Å². The Balaban J connectivity index is 1.84. The lowest BCUT2D eigenvalue weighted by Gasteiger charge is -2.22. The number of imide groups is 1. The van der Waals surface area contributed by atoms with Crippen molar-refractivity contribution in [3.05, 3.63) is 61.3 Å². The van der Waals surface area contributed by atoms with E-state index in [1.807, 2.05) is 13.8 Å². The van der Waals surface area contributed by atoms with Crippen LogP contribution >= 0.6 is 11.3 Å². The molecule has 8 nitrogen and oxygen atoms in total. The zero-order valence-electron chi connectivity index (χ0n) is 14.9. The summed E-state index contributed by atoms with van der Waals surface area (Å²) in [6, 6.07) is 6.47. The maximum Gasteiger partial charge on any atom is 0.325 e. The highest BCUT2D eigenvalue weighted by Gasteiger charge is 2.49. The van der Waals surface area contributed by atoms with Gasteiger partial charge in [-0.2, -0.15) is 0 Å². The van der Waals surface area contributed by atoms with Gasteiger partial charge in [-0.15, -0.1) is 11.3 Å². The van der Waals surface area contributed by atoms with Gasteiger partial charge in [-0.1, -0.05) is 0 Å². The van der Waals surface area contributed by atoms with Gasteiger partial charge < -0.3 is 5.32 Å². The number of Topliss-reactive ketones (excluding diaryl/α,β-unsaturated/α-hetero) is 1. The van der Waals surface area contributed by atoms with Crippen molar-refractivity contribution in [1.29, 1.82) is 0 Å². The Morgan fingerprint density at radius 1 is 1.26 bits per heavy atom. The van der Waals surface area contributed by atoms with Crippen LogP contribution in [0.5, 0.6) is 0 Å². The Morgan fingerprint density at radius 2 is 1.89 bits per heavy atom. The van der Waals surface area contributed by atoms with Crippen molar-refractivity contribution in [2.24, 2.45) is 0 Å². The molecule has 1 aromatic heterocycles. The smallest absolute Gasteiger partial charge is 0.319 e. The zero-order chi connectivity index (χ0) is 19.9. The molecule has 1 aromatic carbocycles. The largest absolute Gasteiger partial charge is 0.325 e. The number of carbonyl (C=O) groups is 3. The van der Waals surface area contributed by atoms with E-state index in [1.165, 1.54) is 42.5 Å². The van der Waals surface area contributed by atoms with E-state index in [4.69, 9.17) is 0 Å². The van der Waals surface area contributed by atoms with Crippen molar-refractivity contribution in [1.82, 2.24) is 10.2 Å². The normalized spacial score (nSPS) is 19.3. The Kier molecular flexibility index (Phi) is 4.56. The van der Waals surface area contributed by atoms with Crippen LogP contribution in [0.15, 0.2) is 30.3 Å². The molecule has 1 aliphatic heterocycles. The molecule has 0 aliphatic carbocycles. The molecule has 140 valence electrons. The van der Waals surface area contributed by atoms with Gasteiger partial charge in [0.15, 0.2) is 5.78 Å². The summed E-state index contributed by atoms with van der Waals surface area (Å²) in [4.78, 5) is 50.7. The number of ketones is 1. The van der Waals surface area contributed by atoms with Gasteiger partial charge in [0.05, 0.1) is 11.5 Å². The van der Waals surface area contributed by atoms with E-state index in [2.05, 4.69) is 5.32 Å². The molecule has 1 atom stereocenters. The number of carbonyl (C=O) groups excluding carboxylic acids is 3.